The molecule has 0 aromatic carbocycles. The van der Waals surface area contributed by atoms with Gasteiger partial charge in [-0.1, -0.05) is 35.1 Å². The first-order valence-electron chi connectivity index (χ1n) is 10.3. The number of rotatable bonds is 4. The normalized spacial score (nSPS) is 34.0. The van der Waals surface area contributed by atoms with Gasteiger partial charge in [-0.05, 0) is 43.8 Å². The topological polar surface area (TPSA) is 43.5 Å². The molecule has 4 aliphatic heterocycles. The molecule has 4 saturated heterocycles. The highest BCUT2D eigenvalue weighted by molar-refractivity contribution is 8.00. The quantitative estimate of drug-likeness (QED) is 0.714. The molecule has 26 heavy (non-hydrogen) atoms. The smallest absolute Gasteiger partial charge is 0.0791 e. The van der Waals surface area contributed by atoms with Gasteiger partial charge in [-0.25, -0.2) is 0 Å². The summed E-state index contributed by atoms with van der Waals surface area (Å²) in [5.41, 5.74) is 0. The van der Waals surface area contributed by atoms with Gasteiger partial charge in [-0.3, -0.25) is 9.68 Å². The molecule has 0 aromatic rings. The number of thioether (sulfide) groups is 1. The average molecular weight is 404 g/mol. The van der Waals surface area contributed by atoms with Crippen molar-refractivity contribution in [3.05, 3.63) is 0 Å². The van der Waals surface area contributed by atoms with E-state index in [9.17, 15) is 0 Å². The van der Waals surface area contributed by atoms with Gasteiger partial charge in [0.15, 0.2) is 0 Å². The minimum atomic E-state index is 0.334. The van der Waals surface area contributed by atoms with Crippen LogP contribution in [0.4, 0.5) is 0 Å². The summed E-state index contributed by atoms with van der Waals surface area (Å²) < 4.78 is 2.35. The van der Waals surface area contributed by atoms with Gasteiger partial charge < -0.3 is 5.32 Å². The predicted molar refractivity (Wildman–Crippen MR) is 106 cm³/mol. The molecule has 4 fully saturated rings. The standard InChI is InChI=1S/C17H33N5O2S2/c1-2-5-12-23-19(10-4-1)22(20-11-7-14-26-20)21-16(8-3-6-13-24-21)17-18-9-15-25-17/h16-18H,1-15H2. The third kappa shape index (κ3) is 4.87. The molecule has 7 nitrogen and oxygen atoms in total. The van der Waals surface area contributed by atoms with Crippen LogP contribution in [0.25, 0.3) is 0 Å². The highest BCUT2D eigenvalue weighted by atomic mass is 32.2. The fourth-order valence-corrected chi connectivity index (χ4v) is 6.10. The summed E-state index contributed by atoms with van der Waals surface area (Å²) in [6.07, 6.45) is 9.60. The molecule has 1 N–H and O–H groups in total. The molecule has 4 heterocycles. The molecular weight excluding hydrogens is 370 g/mol. The maximum Gasteiger partial charge on any atom is 0.0791 e. The summed E-state index contributed by atoms with van der Waals surface area (Å²) in [6.45, 7) is 4.65. The zero-order valence-corrected chi connectivity index (χ0v) is 17.3. The number of nitrogens with zero attached hydrogens (tertiary/aromatic N) is 4. The second kappa shape index (κ2) is 10.3. The molecule has 2 unspecified atom stereocenters. The van der Waals surface area contributed by atoms with Crippen molar-refractivity contribution >= 4 is 23.7 Å². The van der Waals surface area contributed by atoms with Gasteiger partial charge >= 0.3 is 0 Å². The van der Waals surface area contributed by atoms with Gasteiger partial charge in [0.1, 0.15) is 0 Å². The van der Waals surface area contributed by atoms with Gasteiger partial charge in [0, 0.05) is 31.1 Å². The van der Waals surface area contributed by atoms with E-state index in [0.717, 1.165) is 52.1 Å². The minimum absolute atomic E-state index is 0.334. The number of nitrogens with one attached hydrogen (secondary N) is 1. The fourth-order valence-electron chi connectivity index (χ4n) is 3.93. The largest absolute Gasteiger partial charge is 0.303 e. The number of hydrogen-bond acceptors (Lipinski definition) is 9. The first-order valence-corrected chi connectivity index (χ1v) is 12.3. The van der Waals surface area contributed by atoms with Crippen LogP contribution in [0.1, 0.15) is 51.4 Å². The van der Waals surface area contributed by atoms with Crippen molar-refractivity contribution < 1.29 is 9.68 Å². The first kappa shape index (κ1) is 19.7. The lowest BCUT2D eigenvalue weighted by molar-refractivity contribution is -0.481. The maximum absolute atomic E-state index is 6.36. The molecule has 2 atom stereocenters. The highest BCUT2D eigenvalue weighted by Crippen LogP contribution is 2.33. The molecule has 0 saturated carbocycles. The summed E-state index contributed by atoms with van der Waals surface area (Å²) in [7, 11) is 0. The molecule has 0 spiro atoms. The second-order valence-electron chi connectivity index (χ2n) is 7.30. The summed E-state index contributed by atoms with van der Waals surface area (Å²) in [4.78, 5) is 12.6. The lowest BCUT2D eigenvalue weighted by atomic mass is 10.1. The zero-order chi connectivity index (χ0) is 17.6. The van der Waals surface area contributed by atoms with E-state index in [-0.39, 0.29) is 0 Å². The number of hydrogen-bond donors (Lipinski definition) is 1. The Morgan fingerprint density at radius 3 is 2.62 bits per heavy atom. The summed E-state index contributed by atoms with van der Waals surface area (Å²) in [5, 5.41) is 10.6. The van der Waals surface area contributed by atoms with Gasteiger partial charge in [0.25, 0.3) is 0 Å². The minimum Gasteiger partial charge on any atom is -0.303 e. The van der Waals surface area contributed by atoms with Crippen molar-refractivity contribution in [1.29, 1.82) is 0 Å². The van der Waals surface area contributed by atoms with Crippen molar-refractivity contribution in [1.82, 2.24) is 25.3 Å². The van der Waals surface area contributed by atoms with E-state index in [4.69, 9.17) is 9.68 Å². The van der Waals surface area contributed by atoms with Crippen LogP contribution >= 0.6 is 23.7 Å². The van der Waals surface area contributed by atoms with Gasteiger partial charge in [-0.15, -0.1) is 11.8 Å². The predicted octanol–water partition coefficient (Wildman–Crippen LogP) is 2.64. The molecule has 4 aliphatic rings. The monoisotopic (exact) mass is 403 g/mol. The third-order valence-electron chi connectivity index (χ3n) is 5.29. The van der Waals surface area contributed by atoms with E-state index in [1.807, 2.05) is 23.7 Å². The third-order valence-corrected chi connectivity index (χ3v) is 7.67. The highest BCUT2D eigenvalue weighted by Gasteiger charge is 2.41. The first-order chi connectivity index (χ1) is 12.9. The van der Waals surface area contributed by atoms with Crippen molar-refractivity contribution in [2.75, 3.05) is 44.4 Å². The van der Waals surface area contributed by atoms with Gasteiger partial charge in [0.05, 0.1) is 24.6 Å². The van der Waals surface area contributed by atoms with E-state index in [1.54, 1.807) is 0 Å². The Labute approximate surface area is 166 Å². The molecule has 150 valence electrons. The maximum atomic E-state index is 6.36. The van der Waals surface area contributed by atoms with E-state index in [2.05, 4.69) is 25.3 Å². The lowest BCUT2D eigenvalue weighted by Crippen LogP contribution is -2.63. The van der Waals surface area contributed by atoms with Crippen molar-refractivity contribution in [2.45, 2.75) is 62.8 Å². The van der Waals surface area contributed by atoms with Crippen LogP contribution in [-0.2, 0) is 9.68 Å². The van der Waals surface area contributed by atoms with Crippen LogP contribution in [0.3, 0.4) is 0 Å². The van der Waals surface area contributed by atoms with Gasteiger partial charge in [-0.2, -0.15) is 4.41 Å². The molecule has 0 aliphatic carbocycles. The summed E-state index contributed by atoms with van der Waals surface area (Å²) in [5.74, 6) is 2.35. The van der Waals surface area contributed by atoms with Crippen LogP contribution in [0.5, 0.6) is 0 Å². The Bertz CT molecular complexity index is 416. The number of hydroxylamine groups is 2. The Kier molecular flexibility index (Phi) is 7.79. The SMILES string of the molecule is C1CCCN(N(N2CCCS2)N2OCCCCC2C2NCCS2)OCC1. The average Bonchev–Trinajstić information content (AvgIpc) is 3.29. The van der Waals surface area contributed by atoms with E-state index < -0.39 is 0 Å². The zero-order valence-electron chi connectivity index (χ0n) is 15.7. The van der Waals surface area contributed by atoms with Crippen LogP contribution in [-0.4, -0.2) is 75.8 Å². The Hall–Kier alpha value is 0.420. The van der Waals surface area contributed by atoms with Gasteiger partial charge in [0.2, 0.25) is 0 Å². The van der Waals surface area contributed by atoms with Crippen LogP contribution in [0.15, 0.2) is 0 Å². The van der Waals surface area contributed by atoms with E-state index in [1.165, 1.54) is 43.6 Å². The molecule has 0 amide bonds. The summed E-state index contributed by atoms with van der Waals surface area (Å²) in [6, 6.07) is 0.334. The molecule has 0 bridgehead atoms. The second-order valence-corrected chi connectivity index (χ2v) is 9.64. The van der Waals surface area contributed by atoms with Crippen molar-refractivity contribution in [3.63, 3.8) is 0 Å². The molecular formula is C17H33N5O2S2. The van der Waals surface area contributed by atoms with Crippen LogP contribution < -0.4 is 5.32 Å². The van der Waals surface area contributed by atoms with Crippen LogP contribution in [0, 0.1) is 0 Å². The Balaban J connectivity index is 1.56. The molecule has 0 aromatic heterocycles. The van der Waals surface area contributed by atoms with E-state index >= 15 is 0 Å². The van der Waals surface area contributed by atoms with E-state index in [0.29, 0.717) is 11.4 Å². The number of hydrazine groups is 3. The summed E-state index contributed by atoms with van der Waals surface area (Å²) >= 11 is 3.92. The molecule has 4 rings (SSSR count). The lowest BCUT2D eigenvalue weighted by Gasteiger charge is -2.46. The molecule has 0 radical (unpaired) electrons. The van der Waals surface area contributed by atoms with Crippen molar-refractivity contribution in [3.8, 4) is 0 Å². The van der Waals surface area contributed by atoms with Crippen LogP contribution in [0.2, 0.25) is 0 Å². The Morgan fingerprint density at radius 2 is 1.77 bits per heavy atom. The van der Waals surface area contributed by atoms with Crippen molar-refractivity contribution in [2.24, 2.45) is 0 Å². The Morgan fingerprint density at radius 1 is 0.885 bits per heavy atom. The fraction of sp³-hybridized carbons (Fsp3) is 1.00. The molecule has 9 heteroatoms.